The summed E-state index contributed by atoms with van der Waals surface area (Å²) in [5.41, 5.74) is 0. The van der Waals surface area contributed by atoms with E-state index in [-0.39, 0.29) is 11.9 Å². The van der Waals surface area contributed by atoms with E-state index in [0.717, 1.165) is 4.31 Å². The highest BCUT2D eigenvalue weighted by Crippen LogP contribution is 2.04. The van der Waals surface area contributed by atoms with Crippen LogP contribution in [0.2, 0.25) is 0 Å². The van der Waals surface area contributed by atoms with Crippen molar-refractivity contribution < 1.29 is 4.79 Å². The molecule has 1 amide bonds. The Morgan fingerprint density at radius 1 is 1.80 bits per heavy atom. The Hall–Kier alpha value is -1.11. The molecule has 0 aromatic carbocycles. The molecule has 1 rings (SSSR count). The number of rotatable bonds is 1. The Labute approximate surface area is 62.1 Å². The zero-order valence-corrected chi connectivity index (χ0v) is 6.04. The number of hydrogen-bond acceptors (Lipinski definition) is 5. The van der Waals surface area contributed by atoms with E-state index in [1.165, 1.54) is 6.92 Å². The molecule has 54 valence electrons. The molecule has 0 spiro atoms. The number of aromatic nitrogens is 4. The third kappa shape index (κ3) is 1.24. The van der Waals surface area contributed by atoms with E-state index < -0.39 is 0 Å². The fourth-order valence-electron chi connectivity index (χ4n) is 0.387. The fourth-order valence-corrected chi connectivity index (χ4v) is 0.472. The summed E-state index contributed by atoms with van der Waals surface area (Å²) in [5.74, 6) is -0.111. The van der Waals surface area contributed by atoms with Crippen LogP contribution in [0.5, 0.6) is 0 Å². The molecular weight excluding hydrogens is 154 g/mol. The highest BCUT2D eigenvalue weighted by atomic mass is 32.1. The summed E-state index contributed by atoms with van der Waals surface area (Å²) in [5, 5.41) is 12.5. The average Bonchev–Trinajstić information content (AvgIpc) is 2.36. The molecule has 0 bridgehead atoms. The first-order valence-corrected chi connectivity index (χ1v) is 2.85. The van der Waals surface area contributed by atoms with Gasteiger partial charge in [0.15, 0.2) is 0 Å². The first-order valence-electron chi connectivity index (χ1n) is 2.45. The van der Waals surface area contributed by atoms with Gasteiger partial charge in [0.2, 0.25) is 5.91 Å². The summed E-state index contributed by atoms with van der Waals surface area (Å²) in [7, 11) is 0. The minimum absolute atomic E-state index is 0.149. The molecule has 1 aromatic heterocycles. The van der Waals surface area contributed by atoms with Gasteiger partial charge in [-0.15, -0.1) is 5.10 Å². The second kappa shape index (κ2) is 2.65. The molecule has 6 nitrogen and oxygen atoms in total. The molecule has 0 fully saturated rings. The van der Waals surface area contributed by atoms with E-state index in [2.05, 4.69) is 33.4 Å². The smallest absolute Gasteiger partial charge is 0.274 e. The number of aromatic amines is 1. The number of nitrogens with zero attached hydrogens (tertiary/aromatic N) is 4. The lowest BCUT2D eigenvalue weighted by atomic mass is 10.7. The summed E-state index contributed by atoms with van der Waals surface area (Å²) >= 11 is 3.78. The van der Waals surface area contributed by atoms with Gasteiger partial charge in [-0.25, -0.2) is 4.31 Å². The summed E-state index contributed by atoms with van der Waals surface area (Å²) < 4.78 is 0.990. The van der Waals surface area contributed by atoms with Crippen molar-refractivity contribution in [2.24, 2.45) is 0 Å². The second-order valence-electron chi connectivity index (χ2n) is 1.54. The predicted molar refractivity (Wildman–Crippen MR) is 36.3 cm³/mol. The van der Waals surface area contributed by atoms with Gasteiger partial charge < -0.3 is 0 Å². The molecule has 0 saturated heterocycles. The van der Waals surface area contributed by atoms with Gasteiger partial charge in [0.05, 0.1) is 0 Å². The van der Waals surface area contributed by atoms with E-state index in [9.17, 15) is 4.79 Å². The van der Waals surface area contributed by atoms with Crippen LogP contribution in [-0.4, -0.2) is 26.5 Å². The zero-order valence-electron chi connectivity index (χ0n) is 5.14. The van der Waals surface area contributed by atoms with Gasteiger partial charge in [0.1, 0.15) is 0 Å². The van der Waals surface area contributed by atoms with Crippen molar-refractivity contribution in [1.29, 1.82) is 0 Å². The van der Waals surface area contributed by atoms with Gasteiger partial charge in [-0.2, -0.15) is 5.21 Å². The van der Waals surface area contributed by atoms with E-state index in [1.807, 2.05) is 0 Å². The van der Waals surface area contributed by atoms with Crippen LogP contribution < -0.4 is 4.31 Å². The van der Waals surface area contributed by atoms with Gasteiger partial charge in [0.25, 0.3) is 5.95 Å². The van der Waals surface area contributed by atoms with Crippen LogP contribution in [0.1, 0.15) is 6.92 Å². The summed E-state index contributed by atoms with van der Waals surface area (Å²) in [4.78, 5) is 10.6. The Bertz CT molecular complexity index is 221. The summed E-state index contributed by atoms with van der Waals surface area (Å²) in [6.45, 7) is 1.35. The highest BCUT2D eigenvalue weighted by molar-refractivity contribution is 7.82. The van der Waals surface area contributed by atoms with Crippen molar-refractivity contribution in [1.82, 2.24) is 20.6 Å². The van der Waals surface area contributed by atoms with Crippen molar-refractivity contribution in [2.45, 2.75) is 6.92 Å². The molecule has 0 aliphatic rings. The van der Waals surface area contributed by atoms with Crippen molar-refractivity contribution in [3.05, 3.63) is 0 Å². The number of hydrogen-bond donors (Lipinski definition) is 2. The molecule has 0 aliphatic heterocycles. The number of thiol groups is 1. The quantitative estimate of drug-likeness (QED) is 0.536. The van der Waals surface area contributed by atoms with E-state index in [4.69, 9.17) is 0 Å². The third-order valence-corrected chi connectivity index (χ3v) is 1.28. The molecule has 0 unspecified atom stereocenters. The minimum atomic E-state index is -0.260. The van der Waals surface area contributed by atoms with E-state index in [0.29, 0.717) is 0 Å². The fraction of sp³-hybridized carbons (Fsp3) is 0.333. The number of amides is 1. The Morgan fingerprint density at radius 2 is 2.50 bits per heavy atom. The van der Waals surface area contributed by atoms with Crippen LogP contribution in [0.15, 0.2) is 0 Å². The predicted octanol–water partition coefficient (Wildman–Crippen LogP) is -0.603. The van der Waals surface area contributed by atoms with Gasteiger partial charge in [0, 0.05) is 6.92 Å². The monoisotopic (exact) mass is 159 g/mol. The lowest BCUT2D eigenvalue weighted by Gasteiger charge is -2.04. The van der Waals surface area contributed by atoms with Crippen LogP contribution >= 0.6 is 12.8 Å². The largest absolute Gasteiger partial charge is 0.282 e. The molecule has 7 heteroatoms. The Balaban J connectivity index is 2.77. The number of nitrogens with one attached hydrogen (secondary N) is 1. The maximum atomic E-state index is 10.6. The first kappa shape index (κ1) is 7.00. The van der Waals surface area contributed by atoms with E-state index in [1.54, 1.807) is 0 Å². The van der Waals surface area contributed by atoms with Crippen LogP contribution in [0.25, 0.3) is 0 Å². The number of carbonyl (C=O) groups excluding carboxylic acids is 1. The molecule has 0 radical (unpaired) electrons. The number of H-pyrrole nitrogens is 1. The number of anilines is 1. The highest BCUT2D eigenvalue weighted by Gasteiger charge is 2.09. The van der Waals surface area contributed by atoms with Gasteiger partial charge >= 0.3 is 0 Å². The molecule has 1 aromatic rings. The molecular formula is C3H5N5OS. The molecule has 0 aliphatic carbocycles. The van der Waals surface area contributed by atoms with Crippen LogP contribution in [0.3, 0.4) is 0 Å². The Morgan fingerprint density at radius 3 is 2.90 bits per heavy atom. The van der Waals surface area contributed by atoms with Crippen LogP contribution in [0.4, 0.5) is 5.95 Å². The number of carbonyl (C=O) groups is 1. The summed E-state index contributed by atoms with van der Waals surface area (Å²) in [6.07, 6.45) is 0. The Kier molecular flexibility index (Phi) is 1.86. The topological polar surface area (TPSA) is 74.8 Å². The third-order valence-electron chi connectivity index (χ3n) is 0.822. The zero-order chi connectivity index (χ0) is 7.56. The molecule has 0 atom stereocenters. The maximum Gasteiger partial charge on any atom is 0.282 e. The molecule has 0 saturated carbocycles. The molecule has 1 N–H and O–H groups in total. The molecule has 10 heavy (non-hydrogen) atoms. The van der Waals surface area contributed by atoms with Gasteiger partial charge in [-0.3, -0.25) is 4.79 Å². The van der Waals surface area contributed by atoms with Gasteiger partial charge in [-0.1, -0.05) is 17.9 Å². The van der Waals surface area contributed by atoms with Crippen molar-refractivity contribution >= 4 is 24.7 Å². The van der Waals surface area contributed by atoms with E-state index >= 15 is 0 Å². The van der Waals surface area contributed by atoms with Gasteiger partial charge in [-0.05, 0) is 5.21 Å². The minimum Gasteiger partial charge on any atom is -0.274 e. The lowest BCUT2D eigenvalue weighted by Crippen LogP contribution is -2.17. The lowest BCUT2D eigenvalue weighted by molar-refractivity contribution is -0.115. The first-order chi connectivity index (χ1) is 4.72. The summed E-state index contributed by atoms with van der Waals surface area (Å²) in [6, 6.07) is 0. The second-order valence-corrected chi connectivity index (χ2v) is 1.94. The van der Waals surface area contributed by atoms with Crippen molar-refractivity contribution in [2.75, 3.05) is 4.31 Å². The molecule has 1 heterocycles. The van der Waals surface area contributed by atoms with Crippen molar-refractivity contribution in [3.8, 4) is 0 Å². The normalized spacial score (nSPS) is 9.40. The standard InChI is InChI=1S/C3H5N5OS/c1-2(9)8(10)3-4-6-7-5-3/h10H,1H3,(H,4,5,6,7). The van der Waals surface area contributed by atoms with Crippen molar-refractivity contribution in [3.63, 3.8) is 0 Å². The SMILES string of the molecule is CC(=O)N(S)c1nn[nH]n1. The number of tetrazole rings is 1. The van der Waals surface area contributed by atoms with Crippen LogP contribution in [0, 0.1) is 0 Å². The average molecular weight is 159 g/mol. The van der Waals surface area contributed by atoms with Crippen LogP contribution in [-0.2, 0) is 4.79 Å². The maximum absolute atomic E-state index is 10.6.